The van der Waals surface area contributed by atoms with Gasteiger partial charge in [-0.05, 0) is 56.3 Å². The number of hydrogen-bond donors (Lipinski definition) is 1. The number of amides is 1. The summed E-state index contributed by atoms with van der Waals surface area (Å²) in [5.74, 6) is 2.51. The van der Waals surface area contributed by atoms with E-state index in [0.717, 1.165) is 58.8 Å². The second-order valence-electron chi connectivity index (χ2n) is 8.90. The molecule has 2 aliphatic heterocycles. The van der Waals surface area contributed by atoms with Crippen molar-refractivity contribution in [1.82, 2.24) is 9.80 Å². The van der Waals surface area contributed by atoms with E-state index in [4.69, 9.17) is 10.5 Å². The maximum atomic E-state index is 13.2. The Morgan fingerprint density at radius 3 is 2.30 bits per heavy atom. The van der Waals surface area contributed by atoms with E-state index < -0.39 is 0 Å². The number of piperidine rings is 1. The lowest BCUT2D eigenvalue weighted by atomic mass is 9.65. The molecule has 2 bridgehead atoms. The molecule has 4 rings (SSSR count). The second kappa shape index (κ2) is 10.6. The maximum Gasteiger partial charge on any atom is 0.225 e. The Labute approximate surface area is 176 Å². The molecule has 27 heavy (non-hydrogen) atoms. The SMILES string of the molecule is Cl.Cl.NC1C2CCCC1CC(C(=O)N1CCCC(CN3CCOCC3)C1)C2. The summed E-state index contributed by atoms with van der Waals surface area (Å²) in [7, 11) is 0. The molecule has 2 N–H and O–H groups in total. The molecule has 4 fully saturated rings. The van der Waals surface area contributed by atoms with Crippen molar-refractivity contribution in [3.8, 4) is 0 Å². The number of fused-ring (bicyclic) bond motifs is 2. The van der Waals surface area contributed by atoms with Crippen LogP contribution in [0.15, 0.2) is 0 Å². The molecule has 4 aliphatic rings. The van der Waals surface area contributed by atoms with Gasteiger partial charge in [0.2, 0.25) is 5.91 Å². The van der Waals surface area contributed by atoms with E-state index >= 15 is 0 Å². The lowest BCUT2D eigenvalue weighted by molar-refractivity contribution is -0.140. The molecule has 2 aliphatic carbocycles. The lowest BCUT2D eigenvalue weighted by Gasteiger charge is -2.45. The Hall–Kier alpha value is -0.0700. The van der Waals surface area contributed by atoms with Crippen molar-refractivity contribution >= 4 is 30.7 Å². The van der Waals surface area contributed by atoms with Gasteiger partial charge >= 0.3 is 0 Å². The van der Waals surface area contributed by atoms with Gasteiger partial charge in [0.25, 0.3) is 0 Å². The van der Waals surface area contributed by atoms with Gasteiger partial charge in [0.15, 0.2) is 0 Å². The standard InChI is InChI=1S/C20H35N3O2.2ClH/c21-19-16-4-1-5-17(19)12-18(11-16)20(24)23-6-2-3-15(14-23)13-22-7-9-25-10-8-22;;/h15-19H,1-14,21H2;2*1H. The molecule has 0 spiro atoms. The highest BCUT2D eigenvalue weighted by atomic mass is 35.5. The van der Waals surface area contributed by atoms with Crippen molar-refractivity contribution in [3.05, 3.63) is 0 Å². The fourth-order valence-corrected chi connectivity index (χ4v) is 5.81. The smallest absolute Gasteiger partial charge is 0.225 e. The summed E-state index contributed by atoms with van der Waals surface area (Å²) in [5, 5.41) is 0. The van der Waals surface area contributed by atoms with Gasteiger partial charge in [0, 0.05) is 44.7 Å². The molecule has 2 heterocycles. The van der Waals surface area contributed by atoms with E-state index in [9.17, 15) is 4.79 Å². The predicted molar refractivity (Wildman–Crippen MR) is 113 cm³/mol. The maximum absolute atomic E-state index is 13.2. The highest BCUT2D eigenvalue weighted by Crippen LogP contribution is 2.42. The molecular weight excluding hydrogens is 385 g/mol. The van der Waals surface area contributed by atoms with E-state index in [2.05, 4.69) is 9.80 Å². The summed E-state index contributed by atoms with van der Waals surface area (Å²) < 4.78 is 5.46. The highest BCUT2D eigenvalue weighted by molar-refractivity contribution is 5.85. The Morgan fingerprint density at radius 1 is 0.963 bits per heavy atom. The Morgan fingerprint density at radius 2 is 1.63 bits per heavy atom. The minimum Gasteiger partial charge on any atom is -0.379 e. The van der Waals surface area contributed by atoms with Crippen LogP contribution in [0.5, 0.6) is 0 Å². The normalized spacial score (nSPS) is 37.1. The van der Waals surface area contributed by atoms with Crippen LogP contribution in [0.3, 0.4) is 0 Å². The van der Waals surface area contributed by atoms with Crippen LogP contribution >= 0.6 is 24.8 Å². The molecule has 1 amide bonds. The number of nitrogens with two attached hydrogens (primary N) is 1. The number of ether oxygens (including phenoxy) is 1. The number of nitrogens with zero attached hydrogens (tertiary/aromatic N) is 2. The van der Waals surface area contributed by atoms with Crippen LogP contribution < -0.4 is 5.73 Å². The van der Waals surface area contributed by atoms with Crippen molar-refractivity contribution < 1.29 is 9.53 Å². The summed E-state index contributed by atoms with van der Waals surface area (Å²) in [5.41, 5.74) is 6.41. The van der Waals surface area contributed by atoms with Gasteiger partial charge in [0.05, 0.1) is 13.2 Å². The third-order valence-electron chi connectivity index (χ3n) is 7.21. The number of likely N-dealkylation sites (tertiary alicyclic amines) is 1. The number of halogens is 2. The van der Waals surface area contributed by atoms with Crippen molar-refractivity contribution in [1.29, 1.82) is 0 Å². The van der Waals surface area contributed by atoms with E-state index in [1.165, 1.54) is 32.1 Å². The van der Waals surface area contributed by atoms with E-state index in [1.807, 2.05) is 0 Å². The summed E-state index contributed by atoms with van der Waals surface area (Å²) in [6, 6.07) is 0.355. The molecule has 0 aromatic heterocycles. The fourth-order valence-electron chi connectivity index (χ4n) is 5.81. The predicted octanol–water partition coefficient (Wildman–Crippen LogP) is 2.55. The molecule has 2 saturated heterocycles. The van der Waals surface area contributed by atoms with Gasteiger partial charge in [-0.3, -0.25) is 9.69 Å². The van der Waals surface area contributed by atoms with Crippen molar-refractivity contribution in [2.75, 3.05) is 45.9 Å². The third kappa shape index (κ3) is 5.51. The first-order valence-corrected chi connectivity index (χ1v) is 10.5. The molecule has 2 saturated carbocycles. The Balaban J connectivity index is 0.00000131. The first kappa shape index (κ1) is 23.2. The van der Waals surface area contributed by atoms with Crippen molar-refractivity contribution in [2.24, 2.45) is 29.4 Å². The largest absolute Gasteiger partial charge is 0.379 e. The average Bonchev–Trinajstić information content (AvgIpc) is 2.62. The minimum absolute atomic E-state index is 0. The van der Waals surface area contributed by atoms with Gasteiger partial charge in [-0.2, -0.15) is 0 Å². The quantitative estimate of drug-likeness (QED) is 0.760. The Bertz CT molecular complexity index is 462. The molecule has 0 aromatic rings. The number of rotatable bonds is 3. The topological polar surface area (TPSA) is 58.8 Å². The first-order chi connectivity index (χ1) is 12.2. The van der Waals surface area contributed by atoms with E-state index in [1.54, 1.807) is 0 Å². The van der Waals surface area contributed by atoms with Gasteiger partial charge < -0.3 is 15.4 Å². The summed E-state index contributed by atoms with van der Waals surface area (Å²) in [4.78, 5) is 17.9. The summed E-state index contributed by atoms with van der Waals surface area (Å²) >= 11 is 0. The first-order valence-electron chi connectivity index (χ1n) is 10.5. The number of morpholine rings is 1. The van der Waals surface area contributed by atoms with Gasteiger partial charge in [-0.1, -0.05) is 6.42 Å². The van der Waals surface area contributed by atoms with Gasteiger partial charge in [-0.25, -0.2) is 0 Å². The van der Waals surface area contributed by atoms with Crippen LogP contribution in [-0.2, 0) is 9.53 Å². The zero-order valence-corrected chi connectivity index (χ0v) is 18.0. The van der Waals surface area contributed by atoms with Crippen LogP contribution in [-0.4, -0.2) is 67.7 Å². The van der Waals surface area contributed by atoms with Crippen molar-refractivity contribution in [2.45, 2.75) is 51.0 Å². The molecule has 7 heteroatoms. The van der Waals surface area contributed by atoms with Gasteiger partial charge in [-0.15, -0.1) is 24.8 Å². The van der Waals surface area contributed by atoms with Crippen molar-refractivity contribution in [3.63, 3.8) is 0 Å². The Kier molecular flexibility index (Phi) is 9.14. The zero-order valence-electron chi connectivity index (χ0n) is 16.4. The summed E-state index contributed by atoms with van der Waals surface area (Å²) in [6.07, 6.45) is 8.31. The molecule has 158 valence electrons. The fraction of sp³-hybridized carbons (Fsp3) is 0.950. The van der Waals surface area contributed by atoms with Gasteiger partial charge in [0.1, 0.15) is 0 Å². The molecule has 3 atom stereocenters. The molecule has 5 nitrogen and oxygen atoms in total. The third-order valence-corrected chi connectivity index (χ3v) is 7.21. The second-order valence-corrected chi connectivity index (χ2v) is 8.90. The number of hydrogen-bond acceptors (Lipinski definition) is 4. The minimum atomic E-state index is 0. The molecule has 0 aromatic carbocycles. The van der Waals surface area contributed by atoms with E-state index in [0.29, 0.717) is 29.7 Å². The highest BCUT2D eigenvalue weighted by Gasteiger charge is 2.42. The summed E-state index contributed by atoms with van der Waals surface area (Å²) in [6.45, 7) is 6.89. The number of carbonyl (C=O) groups excluding carboxylic acids is 1. The average molecular weight is 422 g/mol. The molecule has 0 radical (unpaired) electrons. The lowest BCUT2D eigenvalue weighted by Crippen LogP contribution is -2.52. The van der Waals surface area contributed by atoms with E-state index in [-0.39, 0.29) is 30.7 Å². The monoisotopic (exact) mass is 421 g/mol. The zero-order chi connectivity index (χ0) is 17.2. The van der Waals surface area contributed by atoms with Crippen LogP contribution in [0, 0.1) is 23.7 Å². The number of carbonyl (C=O) groups is 1. The van der Waals surface area contributed by atoms with Crippen LogP contribution in [0.25, 0.3) is 0 Å². The van der Waals surface area contributed by atoms with Crippen LogP contribution in [0.2, 0.25) is 0 Å². The molecular formula is C20H37Cl2N3O2. The molecule has 3 unspecified atom stereocenters. The van der Waals surface area contributed by atoms with Crippen LogP contribution in [0.1, 0.15) is 44.9 Å². The van der Waals surface area contributed by atoms with Crippen LogP contribution in [0.4, 0.5) is 0 Å².